The Labute approximate surface area is 109 Å². The van der Waals surface area contributed by atoms with Gasteiger partial charge in [0, 0.05) is 5.92 Å². The van der Waals surface area contributed by atoms with E-state index in [2.05, 4.69) is 17.1 Å². The minimum absolute atomic E-state index is 0.0893. The fourth-order valence-electron chi connectivity index (χ4n) is 2.41. The molecule has 2 N–H and O–H groups in total. The van der Waals surface area contributed by atoms with E-state index < -0.39 is 17.6 Å². The first-order valence-electron chi connectivity index (χ1n) is 6.45. The van der Waals surface area contributed by atoms with Gasteiger partial charge in [0.1, 0.15) is 0 Å². The van der Waals surface area contributed by atoms with Gasteiger partial charge in [-0.05, 0) is 32.1 Å². The standard InChI is InChI=1S/C12H18F3N3O/c1-3-7-4-5-8(6-7)9-17-10(19-18-9)11(2,16)12(13,14)15/h7-8H,3-6,16H2,1-2H3. The first-order chi connectivity index (χ1) is 8.75. The van der Waals surface area contributed by atoms with E-state index in [0.29, 0.717) is 11.7 Å². The highest BCUT2D eigenvalue weighted by atomic mass is 19.4. The van der Waals surface area contributed by atoms with Gasteiger partial charge in [-0.1, -0.05) is 18.5 Å². The van der Waals surface area contributed by atoms with Gasteiger partial charge < -0.3 is 10.3 Å². The van der Waals surface area contributed by atoms with Gasteiger partial charge in [0.25, 0.3) is 5.89 Å². The van der Waals surface area contributed by atoms with Gasteiger partial charge >= 0.3 is 6.18 Å². The molecular formula is C12H18F3N3O. The highest BCUT2D eigenvalue weighted by Gasteiger charge is 2.53. The summed E-state index contributed by atoms with van der Waals surface area (Å²) in [7, 11) is 0. The van der Waals surface area contributed by atoms with Crippen LogP contribution >= 0.6 is 0 Å². The lowest BCUT2D eigenvalue weighted by atomic mass is 10.0. The van der Waals surface area contributed by atoms with Crippen molar-refractivity contribution in [1.29, 1.82) is 0 Å². The van der Waals surface area contributed by atoms with Crippen LogP contribution in [0.25, 0.3) is 0 Å². The normalized spacial score (nSPS) is 27.5. The van der Waals surface area contributed by atoms with Crippen molar-refractivity contribution in [3.05, 3.63) is 11.7 Å². The van der Waals surface area contributed by atoms with Crippen LogP contribution in [-0.4, -0.2) is 16.3 Å². The van der Waals surface area contributed by atoms with Gasteiger partial charge in [-0.2, -0.15) is 18.2 Å². The number of rotatable bonds is 3. The summed E-state index contributed by atoms with van der Waals surface area (Å²) >= 11 is 0. The zero-order valence-corrected chi connectivity index (χ0v) is 11.0. The first-order valence-corrected chi connectivity index (χ1v) is 6.45. The summed E-state index contributed by atoms with van der Waals surface area (Å²) in [5.74, 6) is 0.479. The molecule has 1 heterocycles. The maximum Gasteiger partial charge on any atom is 0.415 e. The molecule has 2 rings (SSSR count). The van der Waals surface area contributed by atoms with E-state index in [-0.39, 0.29) is 5.92 Å². The van der Waals surface area contributed by atoms with Crippen LogP contribution in [0.2, 0.25) is 0 Å². The fourth-order valence-corrected chi connectivity index (χ4v) is 2.41. The van der Waals surface area contributed by atoms with E-state index in [1.54, 1.807) is 0 Å². The van der Waals surface area contributed by atoms with Crippen LogP contribution in [0.3, 0.4) is 0 Å². The molecule has 1 aliphatic carbocycles. The van der Waals surface area contributed by atoms with Crippen molar-refractivity contribution in [3.8, 4) is 0 Å². The Hall–Kier alpha value is -1.11. The number of halogens is 3. The molecule has 0 aromatic carbocycles. The molecule has 3 atom stereocenters. The molecule has 1 aromatic rings. The molecule has 1 aliphatic rings. The van der Waals surface area contributed by atoms with E-state index >= 15 is 0 Å². The molecule has 0 saturated heterocycles. The number of hydrogen-bond donors (Lipinski definition) is 1. The van der Waals surface area contributed by atoms with Crippen molar-refractivity contribution in [2.24, 2.45) is 11.7 Å². The quantitative estimate of drug-likeness (QED) is 0.922. The van der Waals surface area contributed by atoms with E-state index in [0.717, 1.165) is 32.6 Å². The highest BCUT2D eigenvalue weighted by molar-refractivity contribution is 5.07. The summed E-state index contributed by atoms with van der Waals surface area (Å²) in [5, 5.41) is 3.68. The fraction of sp³-hybridized carbons (Fsp3) is 0.833. The van der Waals surface area contributed by atoms with E-state index in [1.807, 2.05) is 0 Å². The summed E-state index contributed by atoms with van der Waals surface area (Å²) in [6.45, 7) is 2.95. The second kappa shape index (κ2) is 4.77. The lowest BCUT2D eigenvalue weighted by molar-refractivity contribution is -0.190. The Bertz CT molecular complexity index is 442. The Kier molecular flexibility index (Phi) is 3.59. The number of hydrogen-bond acceptors (Lipinski definition) is 4. The Morgan fingerprint density at radius 3 is 2.58 bits per heavy atom. The van der Waals surface area contributed by atoms with Gasteiger partial charge in [-0.3, -0.25) is 0 Å². The molecule has 0 spiro atoms. The molecule has 0 radical (unpaired) electrons. The van der Waals surface area contributed by atoms with E-state index in [4.69, 9.17) is 10.3 Å². The Balaban J connectivity index is 2.16. The number of aromatic nitrogens is 2. The Morgan fingerprint density at radius 1 is 1.37 bits per heavy atom. The van der Waals surface area contributed by atoms with Crippen molar-refractivity contribution in [2.45, 2.75) is 57.2 Å². The monoisotopic (exact) mass is 277 g/mol. The second-order valence-corrected chi connectivity index (χ2v) is 5.44. The zero-order valence-electron chi connectivity index (χ0n) is 11.0. The van der Waals surface area contributed by atoms with Crippen LogP contribution in [-0.2, 0) is 5.54 Å². The van der Waals surface area contributed by atoms with E-state index in [1.165, 1.54) is 0 Å². The minimum atomic E-state index is -4.61. The molecule has 1 fully saturated rings. The third-order valence-corrected chi connectivity index (χ3v) is 3.96. The summed E-state index contributed by atoms with van der Waals surface area (Å²) < 4.78 is 43.0. The number of nitrogens with two attached hydrogens (primary N) is 1. The highest BCUT2D eigenvalue weighted by Crippen LogP contribution is 2.40. The maximum absolute atomic E-state index is 12.8. The van der Waals surface area contributed by atoms with Gasteiger partial charge in [-0.25, -0.2) is 0 Å². The van der Waals surface area contributed by atoms with E-state index in [9.17, 15) is 13.2 Å². The smallest absolute Gasteiger partial charge is 0.337 e. The first kappa shape index (κ1) is 14.3. The van der Waals surface area contributed by atoms with Crippen LogP contribution in [0.5, 0.6) is 0 Å². The predicted molar refractivity (Wildman–Crippen MR) is 62.3 cm³/mol. The minimum Gasteiger partial charge on any atom is -0.337 e. The Morgan fingerprint density at radius 2 is 2.05 bits per heavy atom. The van der Waals surface area contributed by atoms with Crippen molar-refractivity contribution in [1.82, 2.24) is 10.1 Å². The largest absolute Gasteiger partial charge is 0.415 e. The third kappa shape index (κ3) is 2.61. The molecule has 19 heavy (non-hydrogen) atoms. The van der Waals surface area contributed by atoms with Crippen LogP contribution in [0.1, 0.15) is 57.2 Å². The summed E-state index contributed by atoms with van der Waals surface area (Å²) in [6.07, 6.45) is -0.686. The van der Waals surface area contributed by atoms with Crippen LogP contribution < -0.4 is 5.73 Å². The SMILES string of the molecule is CCC1CCC(c2noc(C(C)(N)C(F)(F)F)n2)C1. The van der Waals surface area contributed by atoms with Crippen LogP contribution in [0, 0.1) is 5.92 Å². The molecule has 1 saturated carbocycles. The average molecular weight is 277 g/mol. The van der Waals surface area contributed by atoms with Gasteiger partial charge in [-0.15, -0.1) is 0 Å². The topological polar surface area (TPSA) is 64.9 Å². The third-order valence-electron chi connectivity index (χ3n) is 3.96. The predicted octanol–water partition coefficient (Wildman–Crippen LogP) is 3.10. The zero-order chi connectivity index (χ0) is 14.3. The molecular weight excluding hydrogens is 259 g/mol. The lowest BCUT2D eigenvalue weighted by Gasteiger charge is -2.22. The van der Waals surface area contributed by atoms with Crippen molar-refractivity contribution in [3.63, 3.8) is 0 Å². The van der Waals surface area contributed by atoms with Crippen LogP contribution in [0.15, 0.2) is 4.52 Å². The summed E-state index contributed by atoms with van der Waals surface area (Å²) in [5.41, 5.74) is 2.66. The number of alkyl halides is 3. The summed E-state index contributed by atoms with van der Waals surface area (Å²) in [6, 6.07) is 0. The van der Waals surface area contributed by atoms with Gasteiger partial charge in [0.2, 0.25) is 0 Å². The molecule has 0 bridgehead atoms. The van der Waals surface area contributed by atoms with Crippen LogP contribution in [0.4, 0.5) is 13.2 Å². The van der Waals surface area contributed by atoms with Gasteiger partial charge in [0.05, 0.1) is 0 Å². The molecule has 7 heteroatoms. The molecule has 4 nitrogen and oxygen atoms in total. The van der Waals surface area contributed by atoms with Crippen molar-refractivity contribution < 1.29 is 17.7 Å². The second-order valence-electron chi connectivity index (χ2n) is 5.44. The molecule has 0 aliphatic heterocycles. The average Bonchev–Trinajstić information content (AvgIpc) is 2.96. The number of nitrogens with zero attached hydrogens (tertiary/aromatic N) is 2. The summed E-state index contributed by atoms with van der Waals surface area (Å²) in [4.78, 5) is 3.88. The molecule has 108 valence electrons. The van der Waals surface area contributed by atoms with Gasteiger partial charge in [0.15, 0.2) is 11.4 Å². The molecule has 3 unspecified atom stereocenters. The van der Waals surface area contributed by atoms with Crippen molar-refractivity contribution in [2.75, 3.05) is 0 Å². The van der Waals surface area contributed by atoms with Crippen molar-refractivity contribution >= 4 is 0 Å². The molecule has 1 aromatic heterocycles. The molecule has 0 amide bonds. The maximum atomic E-state index is 12.8. The lowest BCUT2D eigenvalue weighted by Crippen LogP contribution is -2.48.